The zero-order valence-corrected chi connectivity index (χ0v) is 16.9. The minimum Gasteiger partial charge on any atom is -0.325 e. The van der Waals surface area contributed by atoms with E-state index >= 15 is 0 Å². The van der Waals surface area contributed by atoms with Gasteiger partial charge >= 0.3 is 0 Å². The standard InChI is InChI=1S/C19H21N3O2S2/c1-10-6-5-7-11(2)17(10)22-15(23)9-25-8-14-20-18(24)16-12(3)13(4)26-19(16)21-14/h5-7H,8-9H2,1-4H3,(H,22,23)(H,20,21,24). The Balaban J connectivity index is 1.64. The normalized spacial score (nSPS) is 11.1. The molecule has 2 aromatic heterocycles. The second-order valence-electron chi connectivity index (χ2n) is 6.28. The van der Waals surface area contributed by atoms with Crippen LogP contribution in [0.1, 0.15) is 27.4 Å². The van der Waals surface area contributed by atoms with Gasteiger partial charge in [-0.1, -0.05) is 18.2 Å². The highest BCUT2D eigenvalue weighted by Crippen LogP contribution is 2.26. The average Bonchev–Trinajstić information content (AvgIpc) is 2.86. The number of thioether (sulfide) groups is 1. The van der Waals surface area contributed by atoms with E-state index < -0.39 is 0 Å². The summed E-state index contributed by atoms with van der Waals surface area (Å²) in [4.78, 5) is 33.7. The highest BCUT2D eigenvalue weighted by molar-refractivity contribution is 7.99. The molecule has 0 fully saturated rings. The minimum absolute atomic E-state index is 0.0568. The summed E-state index contributed by atoms with van der Waals surface area (Å²) >= 11 is 2.97. The number of nitrogens with zero attached hydrogens (tertiary/aromatic N) is 1. The van der Waals surface area contributed by atoms with Crippen molar-refractivity contribution in [1.29, 1.82) is 0 Å². The van der Waals surface area contributed by atoms with E-state index in [1.54, 1.807) is 0 Å². The summed E-state index contributed by atoms with van der Waals surface area (Å²) in [6.07, 6.45) is 0. The molecule has 3 rings (SSSR count). The molecule has 3 aromatic rings. The highest BCUT2D eigenvalue weighted by atomic mass is 32.2. The van der Waals surface area contributed by atoms with Crippen molar-refractivity contribution in [3.8, 4) is 0 Å². The molecule has 1 amide bonds. The van der Waals surface area contributed by atoms with Crippen LogP contribution in [0.15, 0.2) is 23.0 Å². The Kier molecular flexibility index (Phi) is 5.48. The summed E-state index contributed by atoms with van der Waals surface area (Å²) < 4.78 is 0. The summed E-state index contributed by atoms with van der Waals surface area (Å²) in [5.74, 6) is 1.34. The lowest BCUT2D eigenvalue weighted by atomic mass is 10.1. The van der Waals surface area contributed by atoms with E-state index in [0.717, 1.165) is 32.1 Å². The van der Waals surface area contributed by atoms with Gasteiger partial charge in [0.25, 0.3) is 5.56 Å². The number of nitrogens with one attached hydrogen (secondary N) is 2. The first kappa shape index (κ1) is 18.7. The van der Waals surface area contributed by atoms with E-state index in [2.05, 4.69) is 15.3 Å². The number of carbonyl (C=O) groups is 1. The van der Waals surface area contributed by atoms with Crippen molar-refractivity contribution >= 4 is 44.9 Å². The van der Waals surface area contributed by atoms with E-state index in [1.165, 1.54) is 23.1 Å². The van der Waals surface area contributed by atoms with Crippen molar-refractivity contribution in [2.24, 2.45) is 0 Å². The number of benzene rings is 1. The second-order valence-corrected chi connectivity index (χ2v) is 8.47. The quantitative estimate of drug-likeness (QED) is 0.691. The average molecular weight is 388 g/mol. The van der Waals surface area contributed by atoms with Crippen molar-refractivity contribution in [2.45, 2.75) is 33.4 Å². The Morgan fingerprint density at radius 3 is 2.62 bits per heavy atom. The summed E-state index contributed by atoms with van der Waals surface area (Å²) in [5, 5.41) is 3.64. The Morgan fingerprint density at radius 2 is 1.92 bits per heavy atom. The number of hydrogen-bond donors (Lipinski definition) is 2. The van der Waals surface area contributed by atoms with Crippen molar-refractivity contribution in [2.75, 3.05) is 11.1 Å². The molecule has 0 bridgehead atoms. The van der Waals surface area contributed by atoms with Crippen LogP contribution in [0, 0.1) is 27.7 Å². The number of rotatable bonds is 5. The number of H-pyrrole nitrogens is 1. The number of anilines is 1. The van der Waals surface area contributed by atoms with Crippen molar-refractivity contribution in [1.82, 2.24) is 9.97 Å². The third kappa shape index (κ3) is 3.83. The SMILES string of the molecule is Cc1cccc(C)c1NC(=O)CSCc1nc2sc(C)c(C)c2c(=O)[nH]1. The molecule has 0 aliphatic heterocycles. The van der Waals surface area contributed by atoms with Gasteiger partial charge < -0.3 is 10.3 Å². The lowest BCUT2D eigenvalue weighted by Crippen LogP contribution is -2.16. The molecule has 0 atom stereocenters. The fraction of sp³-hybridized carbons (Fsp3) is 0.316. The highest BCUT2D eigenvalue weighted by Gasteiger charge is 2.12. The fourth-order valence-corrected chi connectivity index (χ4v) is 4.53. The van der Waals surface area contributed by atoms with E-state index in [-0.39, 0.29) is 11.5 Å². The molecule has 136 valence electrons. The van der Waals surface area contributed by atoms with Gasteiger partial charge in [-0.3, -0.25) is 9.59 Å². The smallest absolute Gasteiger partial charge is 0.259 e. The molecular weight excluding hydrogens is 366 g/mol. The van der Waals surface area contributed by atoms with Crippen molar-refractivity contribution in [3.05, 3.63) is 55.9 Å². The van der Waals surface area contributed by atoms with Gasteiger partial charge in [0.1, 0.15) is 10.7 Å². The van der Waals surface area contributed by atoms with Crippen LogP contribution in [0.4, 0.5) is 5.69 Å². The predicted octanol–water partition coefficient (Wildman–Crippen LogP) is 4.09. The number of carbonyl (C=O) groups excluding carboxylic acids is 1. The molecule has 2 heterocycles. The maximum absolute atomic E-state index is 12.3. The van der Waals surface area contributed by atoms with Gasteiger partial charge in [0.15, 0.2) is 0 Å². The van der Waals surface area contributed by atoms with E-state index in [1.807, 2.05) is 45.9 Å². The third-order valence-corrected chi connectivity index (χ3v) is 6.35. The van der Waals surface area contributed by atoms with Gasteiger partial charge in [0, 0.05) is 10.6 Å². The number of para-hydroxylation sites is 1. The molecule has 2 N–H and O–H groups in total. The Bertz CT molecular complexity index is 1020. The van der Waals surface area contributed by atoms with Gasteiger partial charge in [-0.2, -0.15) is 0 Å². The minimum atomic E-state index is -0.104. The first-order valence-electron chi connectivity index (χ1n) is 8.29. The number of thiophene rings is 1. The number of fused-ring (bicyclic) bond motifs is 1. The summed E-state index contributed by atoms with van der Waals surface area (Å²) in [7, 11) is 0. The van der Waals surface area contributed by atoms with Crippen LogP contribution >= 0.6 is 23.1 Å². The maximum Gasteiger partial charge on any atom is 0.259 e. The van der Waals surface area contributed by atoms with Crippen LogP contribution in [-0.4, -0.2) is 21.6 Å². The van der Waals surface area contributed by atoms with Crippen LogP contribution < -0.4 is 10.9 Å². The number of aromatic nitrogens is 2. The lowest BCUT2D eigenvalue weighted by Gasteiger charge is -2.11. The predicted molar refractivity (Wildman–Crippen MR) is 110 cm³/mol. The maximum atomic E-state index is 12.3. The zero-order valence-electron chi connectivity index (χ0n) is 15.2. The molecule has 0 spiro atoms. The van der Waals surface area contributed by atoms with Gasteiger partial charge in [0.2, 0.25) is 5.91 Å². The largest absolute Gasteiger partial charge is 0.325 e. The van der Waals surface area contributed by atoms with E-state index in [9.17, 15) is 9.59 Å². The van der Waals surface area contributed by atoms with Gasteiger partial charge in [0.05, 0.1) is 16.9 Å². The third-order valence-electron chi connectivity index (χ3n) is 4.31. The van der Waals surface area contributed by atoms with Crippen LogP contribution in [-0.2, 0) is 10.5 Å². The Hall–Kier alpha value is -2.12. The van der Waals surface area contributed by atoms with E-state index in [0.29, 0.717) is 22.7 Å². The summed E-state index contributed by atoms with van der Waals surface area (Å²) in [6, 6.07) is 5.93. The fourth-order valence-electron chi connectivity index (χ4n) is 2.80. The van der Waals surface area contributed by atoms with Crippen molar-refractivity contribution < 1.29 is 4.79 Å². The lowest BCUT2D eigenvalue weighted by molar-refractivity contribution is -0.113. The molecule has 0 saturated carbocycles. The first-order valence-corrected chi connectivity index (χ1v) is 10.3. The van der Waals surface area contributed by atoms with Crippen LogP contribution in [0.25, 0.3) is 10.2 Å². The van der Waals surface area contributed by atoms with Crippen LogP contribution in [0.5, 0.6) is 0 Å². The topological polar surface area (TPSA) is 74.8 Å². The number of hydrogen-bond acceptors (Lipinski definition) is 5. The van der Waals surface area contributed by atoms with Gasteiger partial charge in [-0.05, 0) is 44.4 Å². The Morgan fingerprint density at radius 1 is 1.23 bits per heavy atom. The van der Waals surface area contributed by atoms with Crippen LogP contribution in [0.3, 0.4) is 0 Å². The molecule has 1 aromatic carbocycles. The van der Waals surface area contributed by atoms with Gasteiger partial charge in [-0.25, -0.2) is 4.98 Å². The second kappa shape index (κ2) is 7.63. The molecule has 0 saturated heterocycles. The summed E-state index contributed by atoms with van der Waals surface area (Å²) in [6.45, 7) is 7.89. The van der Waals surface area contributed by atoms with Crippen LogP contribution in [0.2, 0.25) is 0 Å². The molecule has 0 aliphatic rings. The van der Waals surface area contributed by atoms with Crippen molar-refractivity contribution in [3.63, 3.8) is 0 Å². The van der Waals surface area contributed by atoms with Gasteiger partial charge in [-0.15, -0.1) is 23.1 Å². The monoisotopic (exact) mass is 387 g/mol. The zero-order chi connectivity index (χ0) is 18.8. The number of amides is 1. The number of aromatic amines is 1. The molecule has 7 heteroatoms. The molecule has 0 unspecified atom stereocenters. The number of aryl methyl sites for hydroxylation is 4. The molecule has 5 nitrogen and oxygen atoms in total. The molecular formula is C19H21N3O2S2. The molecule has 26 heavy (non-hydrogen) atoms. The first-order chi connectivity index (χ1) is 12.4. The summed E-state index contributed by atoms with van der Waals surface area (Å²) in [5.41, 5.74) is 3.85. The van der Waals surface area contributed by atoms with E-state index in [4.69, 9.17) is 0 Å². The Labute approximate surface area is 160 Å². The molecule has 0 aliphatic carbocycles. The molecule has 0 radical (unpaired) electrons.